The number of carbonyl (C=O) groups is 1. The topological polar surface area (TPSA) is 38.3 Å². The molecule has 3 nitrogen and oxygen atoms in total. The van der Waals surface area contributed by atoms with Gasteiger partial charge in [-0.25, -0.2) is 0 Å². The molecular weight excluding hydrogens is 226 g/mol. The van der Waals surface area contributed by atoms with E-state index in [4.69, 9.17) is 4.74 Å². The molecule has 1 aliphatic rings. The van der Waals surface area contributed by atoms with E-state index in [0.29, 0.717) is 5.76 Å². The molecule has 0 aromatic carbocycles. The molecule has 0 aromatic heterocycles. The van der Waals surface area contributed by atoms with Crippen molar-refractivity contribution < 1.29 is 9.53 Å². The first-order chi connectivity index (χ1) is 8.33. The standard InChI is InChI=1S/C15H23NO2/c1-6-14(2,3)13(17)18-12-9-7-8-10-15(4,11-12)16-5/h7-11,16H,6H2,1-5H3. The molecule has 1 rings (SSSR count). The number of nitrogens with one attached hydrogen (secondary N) is 1. The number of rotatable bonds is 4. The lowest BCUT2D eigenvalue weighted by atomic mass is 9.90. The van der Waals surface area contributed by atoms with Gasteiger partial charge in [0.05, 0.1) is 11.0 Å². The van der Waals surface area contributed by atoms with Gasteiger partial charge in [-0.2, -0.15) is 0 Å². The van der Waals surface area contributed by atoms with Gasteiger partial charge >= 0.3 is 5.97 Å². The second-order valence-corrected chi connectivity index (χ2v) is 5.42. The predicted molar refractivity (Wildman–Crippen MR) is 74.0 cm³/mol. The predicted octanol–water partition coefficient (Wildman–Crippen LogP) is 2.95. The Morgan fingerprint density at radius 2 is 2.11 bits per heavy atom. The summed E-state index contributed by atoms with van der Waals surface area (Å²) in [5, 5.41) is 3.18. The van der Waals surface area contributed by atoms with E-state index in [1.54, 1.807) is 0 Å². The SMILES string of the molecule is CCC(C)(C)C(=O)OC1=CC(C)(NC)C=CC=C1. The van der Waals surface area contributed by atoms with Crippen LogP contribution in [0.15, 0.2) is 36.1 Å². The highest BCUT2D eigenvalue weighted by Gasteiger charge is 2.28. The number of carbonyl (C=O) groups excluding carboxylic acids is 1. The molecule has 1 aliphatic carbocycles. The van der Waals surface area contributed by atoms with E-state index in [1.807, 2.05) is 65.1 Å². The Hall–Kier alpha value is -1.35. The second-order valence-electron chi connectivity index (χ2n) is 5.42. The molecular formula is C15H23NO2. The third-order valence-electron chi connectivity index (χ3n) is 3.44. The van der Waals surface area contributed by atoms with Crippen LogP contribution in [-0.2, 0) is 9.53 Å². The zero-order valence-corrected chi connectivity index (χ0v) is 11.9. The minimum atomic E-state index is -0.454. The van der Waals surface area contributed by atoms with Crippen molar-refractivity contribution in [3.05, 3.63) is 36.1 Å². The maximum absolute atomic E-state index is 12.0. The lowest BCUT2D eigenvalue weighted by Gasteiger charge is -2.23. The zero-order chi connectivity index (χ0) is 13.8. The Morgan fingerprint density at radius 3 is 2.67 bits per heavy atom. The van der Waals surface area contributed by atoms with Crippen LogP contribution in [0.2, 0.25) is 0 Å². The van der Waals surface area contributed by atoms with Crippen LogP contribution in [0, 0.1) is 5.41 Å². The number of hydrogen-bond acceptors (Lipinski definition) is 3. The Kier molecular flexibility index (Phi) is 4.52. The van der Waals surface area contributed by atoms with Gasteiger partial charge in [0.25, 0.3) is 0 Å². The minimum Gasteiger partial charge on any atom is -0.426 e. The Labute approximate surface area is 110 Å². The molecule has 0 fully saturated rings. The van der Waals surface area contributed by atoms with Crippen molar-refractivity contribution in [2.45, 2.75) is 39.7 Å². The van der Waals surface area contributed by atoms with Gasteiger partial charge in [-0.15, -0.1) is 0 Å². The zero-order valence-electron chi connectivity index (χ0n) is 11.9. The van der Waals surface area contributed by atoms with E-state index in [2.05, 4.69) is 5.32 Å². The van der Waals surface area contributed by atoms with Crippen molar-refractivity contribution in [1.29, 1.82) is 0 Å². The van der Waals surface area contributed by atoms with Gasteiger partial charge in [-0.05, 0) is 46.4 Å². The highest BCUT2D eigenvalue weighted by atomic mass is 16.5. The number of esters is 1. The van der Waals surface area contributed by atoms with Crippen LogP contribution in [0.5, 0.6) is 0 Å². The maximum Gasteiger partial charge on any atom is 0.316 e. The van der Waals surface area contributed by atoms with Gasteiger partial charge in [0.2, 0.25) is 0 Å². The fraction of sp³-hybridized carbons (Fsp3) is 0.533. The normalized spacial score (nSPS) is 23.5. The molecule has 1 atom stereocenters. The lowest BCUT2D eigenvalue weighted by molar-refractivity contribution is -0.149. The van der Waals surface area contributed by atoms with E-state index < -0.39 is 5.41 Å². The van der Waals surface area contributed by atoms with E-state index in [-0.39, 0.29) is 11.5 Å². The van der Waals surface area contributed by atoms with Gasteiger partial charge in [0.15, 0.2) is 0 Å². The van der Waals surface area contributed by atoms with E-state index >= 15 is 0 Å². The number of ether oxygens (including phenoxy) is 1. The first kappa shape index (κ1) is 14.7. The summed E-state index contributed by atoms with van der Waals surface area (Å²) in [6.07, 6.45) is 10.3. The van der Waals surface area contributed by atoms with Gasteiger partial charge in [0.1, 0.15) is 5.76 Å². The molecule has 0 saturated heterocycles. The number of allylic oxidation sites excluding steroid dienone is 3. The summed E-state index contributed by atoms with van der Waals surface area (Å²) in [5.41, 5.74) is -0.750. The quantitative estimate of drug-likeness (QED) is 0.778. The molecule has 0 aromatic rings. The van der Waals surface area contributed by atoms with Crippen LogP contribution in [0.25, 0.3) is 0 Å². The Morgan fingerprint density at radius 1 is 1.44 bits per heavy atom. The van der Waals surface area contributed by atoms with Crippen LogP contribution >= 0.6 is 0 Å². The smallest absolute Gasteiger partial charge is 0.316 e. The van der Waals surface area contributed by atoms with Crippen molar-refractivity contribution in [1.82, 2.24) is 5.32 Å². The van der Waals surface area contributed by atoms with Gasteiger partial charge in [-0.3, -0.25) is 4.79 Å². The van der Waals surface area contributed by atoms with Crippen LogP contribution in [0.1, 0.15) is 34.1 Å². The minimum absolute atomic E-state index is 0.193. The molecule has 18 heavy (non-hydrogen) atoms. The fourth-order valence-electron chi connectivity index (χ4n) is 1.41. The van der Waals surface area contributed by atoms with Gasteiger partial charge < -0.3 is 10.1 Å². The average molecular weight is 249 g/mol. The summed E-state index contributed by atoms with van der Waals surface area (Å²) in [7, 11) is 1.88. The van der Waals surface area contributed by atoms with Crippen LogP contribution in [0.4, 0.5) is 0 Å². The molecule has 0 amide bonds. The summed E-state index contributed by atoms with van der Waals surface area (Å²) in [6.45, 7) is 7.80. The molecule has 100 valence electrons. The maximum atomic E-state index is 12.0. The highest BCUT2D eigenvalue weighted by molar-refractivity contribution is 5.77. The largest absolute Gasteiger partial charge is 0.426 e. The van der Waals surface area contributed by atoms with Crippen LogP contribution in [-0.4, -0.2) is 18.6 Å². The van der Waals surface area contributed by atoms with Crippen molar-refractivity contribution in [3.63, 3.8) is 0 Å². The van der Waals surface area contributed by atoms with E-state index in [0.717, 1.165) is 6.42 Å². The summed E-state index contributed by atoms with van der Waals surface area (Å²) in [6, 6.07) is 0. The third kappa shape index (κ3) is 3.57. The lowest BCUT2D eigenvalue weighted by Crippen LogP contribution is -2.35. The van der Waals surface area contributed by atoms with E-state index in [1.165, 1.54) is 0 Å². The first-order valence-electron chi connectivity index (χ1n) is 6.33. The van der Waals surface area contributed by atoms with Crippen molar-refractivity contribution in [2.75, 3.05) is 7.05 Å². The number of hydrogen-bond donors (Lipinski definition) is 1. The molecule has 0 radical (unpaired) electrons. The molecule has 0 spiro atoms. The Bertz CT molecular complexity index is 405. The summed E-state index contributed by atoms with van der Waals surface area (Å²) in [5.74, 6) is 0.393. The molecule has 0 saturated carbocycles. The van der Waals surface area contributed by atoms with Crippen LogP contribution < -0.4 is 5.32 Å². The van der Waals surface area contributed by atoms with Crippen molar-refractivity contribution in [3.8, 4) is 0 Å². The fourth-order valence-corrected chi connectivity index (χ4v) is 1.41. The monoisotopic (exact) mass is 249 g/mol. The molecule has 1 unspecified atom stereocenters. The molecule has 1 N–H and O–H groups in total. The van der Waals surface area contributed by atoms with Crippen molar-refractivity contribution in [2.24, 2.45) is 5.41 Å². The molecule has 0 aliphatic heterocycles. The van der Waals surface area contributed by atoms with Crippen molar-refractivity contribution >= 4 is 5.97 Å². The third-order valence-corrected chi connectivity index (χ3v) is 3.44. The van der Waals surface area contributed by atoms with Crippen LogP contribution in [0.3, 0.4) is 0 Å². The molecule has 0 heterocycles. The molecule has 0 bridgehead atoms. The summed E-state index contributed by atoms with van der Waals surface area (Å²) < 4.78 is 5.48. The van der Waals surface area contributed by atoms with Gasteiger partial charge in [0, 0.05) is 0 Å². The Balaban J connectivity index is 2.87. The molecule has 3 heteroatoms. The van der Waals surface area contributed by atoms with E-state index in [9.17, 15) is 4.79 Å². The first-order valence-corrected chi connectivity index (χ1v) is 6.33. The average Bonchev–Trinajstić information content (AvgIpc) is 2.52. The summed E-state index contributed by atoms with van der Waals surface area (Å²) >= 11 is 0. The van der Waals surface area contributed by atoms with Gasteiger partial charge in [-0.1, -0.05) is 25.2 Å². The number of likely N-dealkylation sites (N-methyl/N-ethyl adjacent to an activating group) is 1. The summed E-state index contributed by atoms with van der Waals surface area (Å²) in [4.78, 5) is 12.0. The second kappa shape index (κ2) is 5.53. The highest BCUT2D eigenvalue weighted by Crippen LogP contribution is 2.24.